The van der Waals surface area contributed by atoms with Gasteiger partial charge in [-0.25, -0.2) is 4.98 Å². The molecule has 0 fully saturated rings. The van der Waals surface area contributed by atoms with Crippen molar-refractivity contribution in [2.45, 2.75) is 38.8 Å². The van der Waals surface area contributed by atoms with Crippen LogP contribution in [0.25, 0.3) is 11.3 Å². The van der Waals surface area contributed by atoms with Crippen LogP contribution in [-0.4, -0.2) is 16.1 Å². The summed E-state index contributed by atoms with van der Waals surface area (Å²) in [4.78, 5) is 4.67. The SMILES string of the molecule is CCCCC1NCCn2c(-c3ccccc3)cnc21. The average Bonchev–Trinajstić information content (AvgIpc) is 2.90. The van der Waals surface area contributed by atoms with Crippen molar-refractivity contribution in [3.8, 4) is 11.3 Å². The summed E-state index contributed by atoms with van der Waals surface area (Å²) in [5.41, 5.74) is 2.51. The predicted octanol–water partition coefficient (Wildman–Crippen LogP) is 3.38. The van der Waals surface area contributed by atoms with Crippen LogP contribution in [0.5, 0.6) is 0 Å². The van der Waals surface area contributed by atoms with Crippen LogP contribution in [0.15, 0.2) is 36.5 Å². The van der Waals surface area contributed by atoms with Crippen LogP contribution in [-0.2, 0) is 6.54 Å². The minimum Gasteiger partial charge on any atom is -0.325 e. The van der Waals surface area contributed by atoms with Gasteiger partial charge in [-0.1, -0.05) is 50.1 Å². The Hall–Kier alpha value is -1.61. The number of hydrogen-bond donors (Lipinski definition) is 1. The number of benzene rings is 1. The fourth-order valence-electron chi connectivity index (χ4n) is 2.82. The van der Waals surface area contributed by atoms with Crippen LogP contribution in [0.3, 0.4) is 0 Å². The third kappa shape index (κ3) is 2.43. The van der Waals surface area contributed by atoms with Crippen molar-refractivity contribution in [3.63, 3.8) is 0 Å². The molecule has 3 nitrogen and oxygen atoms in total. The lowest BCUT2D eigenvalue weighted by Crippen LogP contribution is -2.33. The lowest BCUT2D eigenvalue weighted by Gasteiger charge is -2.26. The van der Waals surface area contributed by atoms with Gasteiger partial charge in [0.15, 0.2) is 0 Å². The van der Waals surface area contributed by atoms with Gasteiger partial charge in [0.2, 0.25) is 0 Å². The van der Waals surface area contributed by atoms with E-state index in [0.29, 0.717) is 6.04 Å². The van der Waals surface area contributed by atoms with Gasteiger partial charge >= 0.3 is 0 Å². The first-order valence-electron chi connectivity index (χ1n) is 7.24. The van der Waals surface area contributed by atoms with E-state index in [1.165, 1.54) is 36.3 Å². The molecule has 0 aliphatic carbocycles. The van der Waals surface area contributed by atoms with Crippen molar-refractivity contribution in [3.05, 3.63) is 42.4 Å². The van der Waals surface area contributed by atoms with Gasteiger partial charge in [0.1, 0.15) is 5.82 Å². The van der Waals surface area contributed by atoms with E-state index in [4.69, 9.17) is 0 Å². The first-order chi connectivity index (χ1) is 9.40. The van der Waals surface area contributed by atoms with E-state index >= 15 is 0 Å². The molecule has 1 atom stereocenters. The molecule has 0 radical (unpaired) electrons. The quantitative estimate of drug-likeness (QED) is 0.907. The Labute approximate surface area is 114 Å². The van der Waals surface area contributed by atoms with Gasteiger partial charge in [0.25, 0.3) is 0 Å². The molecule has 0 saturated heterocycles. The Balaban J connectivity index is 1.92. The third-order valence-electron chi connectivity index (χ3n) is 3.84. The highest BCUT2D eigenvalue weighted by Crippen LogP contribution is 2.27. The number of hydrogen-bond acceptors (Lipinski definition) is 2. The highest BCUT2D eigenvalue weighted by molar-refractivity contribution is 5.59. The first-order valence-corrected chi connectivity index (χ1v) is 7.24. The number of imidazole rings is 1. The highest BCUT2D eigenvalue weighted by Gasteiger charge is 2.23. The number of aromatic nitrogens is 2. The van der Waals surface area contributed by atoms with Crippen molar-refractivity contribution in [2.24, 2.45) is 0 Å². The van der Waals surface area contributed by atoms with Gasteiger partial charge in [-0.3, -0.25) is 0 Å². The number of rotatable bonds is 4. The molecule has 2 heterocycles. The summed E-state index contributed by atoms with van der Waals surface area (Å²) in [6, 6.07) is 11.0. The molecule has 3 rings (SSSR count). The maximum atomic E-state index is 4.67. The molecular weight excluding hydrogens is 234 g/mol. The maximum absolute atomic E-state index is 4.67. The van der Waals surface area contributed by atoms with E-state index in [0.717, 1.165) is 13.1 Å². The van der Waals surface area contributed by atoms with Gasteiger partial charge in [-0.15, -0.1) is 0 Å². The lowest BCUT2D eigenvalue weighted by molar-refractivity contribution is 0.389. The van der Waals surface area contributed by atoms with Gasteiger partial charge < -0.3 is 9.88 Å². The lowest BCUT2D eigenvalue weighted by atomic mass is 10.1. The summed E-state index contributed by atoms with van der Waals surface area (Å²) >= 11 is 0. The monoisotopic (exact) mass is 255 g/mol. The normalized spacial score (nSPS) is 18.3. The van der Waals surface area contributed by atoms with Crippen LogP contribution < -0.4 is 5.32 Å². The molecule has 1 aliphatic rings. The summed E-state index contributed by atoms with van der Waals surface area (Å²) < 4.78 is 2.38. The van der Waals surface area contributed by atoms with Crippen molar-refractivity contribution >= 4 is 0 Å². The molecule has 1 aromatic carbocycles. The van der Waals surface area contributed by atoms with E-state index < -0.39 is 0 Å². The average molecular weight is 255 g/mol. The van der Waals surface area contributed by atoms with Crippen molar-refractivity contribution in [2.75, 3.05) is 6.54 Å². The Morgan fingerprint density at radius 2 is 2.16 bits per heavy atom. The first kappa shape index (κ1) is 12.4. The molecule has 2 aromatic rings. The molecule has 0 amide bonds. The smallest absolute Gasteiger partial charge is 0.126 e. The van der Waals surface area contributed by atoms with Gasteiger partial charge in [-0.2, -0.15) is 0 Å². The Bertz CT molecular complexity index is 530. The summed E-state index contributed by atoms with van der Waals surface area (Å²) in [6.45, 7) is 4.30. The Kier molecular flexibility index (Phi) is 3.65. The maximum Gasteiger partial charge on any atom is 0.126 e. The van der Waals surface area contributed by atoms with E-state index in [1.807, 2.05) is 6.20 Å². The van der Waals surface area contributed by atoms with Crippen LogP contribution in [0.4, 0.5) is 0 Å². The number of fused-ring (bicyclic) bond motifs is 1. The molecule has 0 spiro atoms. The summed E-state index contributed by atoms with van der Waals surface area (Å²) in [6.07, 6.45) is 5.70. The minimum absolute atomic E-state index is 0.422. The minimum atomic E-state index is 0.422. The van der Waals surface area contributed by atoms with E-state index in [1.54, 1.807) is 0 Å². The van der Waals surface area contributed by atoms with E-state index in [2.05, 4.69) is 52.1 Å². The summed E-state index contributed by atoms with van der Waals surface area (Å²) in [5.74, 6) is 1.21. The summed E-state index contributed by atoms with van der Waals surface area (Å²) in [5, 5.41) is 3.59. The van der Waals surface area contributed by atoms with E-state index in [9.17, 15) is 0 Å². The third-order valence-corrected chi connectivity index (χ3v) is 3.84. The predicted molar refractivity (Wildman–Crippen MR) is 77.9 cm³/mol. The summed E-state index contributed by atoms with van der Waals surface area (Å²) in [7, 11) is 0. The zero-order valence-corrected chi connectivity index (χ0v) is 11.5. The highest BCUT2D eigenvalue weighted by atomic mass is 15.2. The van der Waals surface area contributed by atoms with Gasteiger partial charge in [-0.05, 0) is 12.0 Å². The molecule has 3 heteroatoms. The second-order valence-corrected chi connectivity index (χ2v) is 5.17. The van der Waals surface area contributed by atoms with Crippen molar-refractivity contribution < 1.29 is 0 Å². The molecule has 19 heavy (non-hydrogen) atoms. The molecule has 0 bridgehead atoms. The number of nitrogens with one attached hydrogen (secondary N) is 1. The molecule has 1 unspecified atom stereocenters. The largest absolute Gasteiger partial charge is 0.325 e. The zero-order chi connectivity index (χ0) is 13.1. The Morgan fingerprint density at radius 1 is 1.32 bits per heavy atom. The number of unbranched alkanes of at least 4 members (excludes halogenated alkanes) is 1. The van der Waals surface area contributed by atoms with Crippen molar-refractivity contribution in [1.29, 1.82) is 0 Å². The van der Waals surface area contributed by atoms with Crippen molar-refractivity contribution in [1.82, 2.24) is 14.9 Å². The Morgan fingerprint density at radius 3 is 2.95 bits per heavy atom. The van der Waals surface area contributed by atoms with Crippen LogP contribution in [0.2, 0.25) is 0 Å². The second kappa shape index (κ2) is 5.57. The fraction of sp³-hybridized carbons (Fsp3) is 0.438. The van der Waals surface area contributed by atoms with Gasteiger partial charge in [0.05, 0.1) is 17.9 Å². The molecule has 1 aromatic heterocycles. The van der Waals surface area contributed by atoms with Crippen LogP contribution in [0.1, 0.15) is 38.1 Å². The molecule has 0 saturated carbocycles. The molecule has 1 aliphatic heterocycles. The molecule has 100 valence electrons. The molecule has 1 N–H and O–H groups in total. The number of nitrogens with zero attached hydrogens (tertiary/aromatic N) is 2. The van der Waals surface area contributed by atoms with Gasteiger partial charge in [0, 0.05) is 13.1 Å². The zero-order valence-electron chi connectivity index (χ0n) is 11.5. The standard InChI is InChI=1S/C16H21N3/c1-2-3-9-14-16-18-12-15(19(16)11-10-17-14)13-7-5-4-6-8-13/h4-8,12,14,17H,2-3,9-11H2,1H3. The van der Waals surface area contributed by atoms with Crippen LogP contribution >= 0.6 is 0 Å². The topological polar surface area (TPSA) is 29.9 Å². The van der Waals surface area contributed by atoms with E-state index in [-0.39, 0.29) is 0 Å². The second-order valence-electron chi connectivity index (χ2n) is 5.17. The fourth-order valence-corrected chi connectivity index (χ4v) is 2.82. The van der Waals surface area contributed by atoms with Crippen LogP contribution in [0, 0.1) is 0 Å². The molecular formula is C16H21N3.